The minimum Gasteiger partial charge on any atom is -0.422 e. The maximum absolute atomic E-state index is 11.8. The normalized spacial score (nSPS) is 14.9. The zero-order valence-electron chi connectivity index (χ0n) is 9.85. The van der Waals surface area contributed by atoms with Crippen LogP contribution in [-0.2, 0) is 0 Å². The maximum atomic E-state index is 11.8. The van der Waals surface area contributed by atoms with E-state index in [2.05, 4.69) is 4.90 Å². The molecule has 3 rings (SSSR count). The molecule has 0 aliphatic carbocycles. The number of para-hydroxylation sites is 1. The molecule has 1 fully saturated rings. The van der Waals surface area contributed by atoms with E-state index in [9.17, 15) is 10.1 Å². The lowest BCUT2D eigenvalue weighted by Gasteiger charge is -2.19. The molecule has 4 nitrogen and oxygen atoms in total. The van der Waals surface area contributed by atoms with Gasteiger partial charge in [0, 0.05) is 18.5 Å². The quantitative estimate of drug-likeness (QED) is 0.717. The fourth-order valence-electron chi connectivity index (χ4n) is 2.50. The molecule has 0 spiro atoms. The first-order valence-corrected chi connectivity index (χ1v) is 6.02. The molecule has 0 atom stereocenters. The summed E-state index contributed by atoms with van der Waals surface area (Å²) in [4.78, 5) is 13.9. The van der Waals surface area contributed by atoms with E-state index in [1.807, 2.05) is 24.3 Å². The Bertz CT molecular complexity index is 691. The van der Waals surface area contributed by atoms with Crippen molar-refractivity contribution < 1.29 is 4.42 Å². The SMILES string of the molecule is N#Cc1c(N2CCCC2)c2ccccc2oc1=O. The second-order valence-electron chi connectivity index (χ2n) is 4.42. The highest BCUT2D eigenvalue weighted by molar-refractivity contribution is 5.93. The van der Waals surface area contributed by atoms with Crippen LogP contribution < -0.4 is 10.5 Å². The lowest BCUT2D eigenvalue weighted by Crippen LogP contribution is -2.22. The van der Waals surface area contributed by atoms with Gasteiger partial charge in [0.15, 0.2) is 5.56 Å². The van der Waals surface area contributed by atoms with Gasteiger partial charge >= 0.3 is 5.63 Å². The van der Waals surface area contributed by atoms with Crippen LogP contribution in [0.1, 0.15) is 18.4 Å². The minimum atomic E-state index is -0.543. The highest BCUT2D eigenvalue weighted by atomic mass is 16.4. The van der Waals surface area contributed by atoms with Crippen molar-refractivity contribution in [1.82, 2.24) is 0 Å². The molecule has 4 heteroatoms. The Hall–Kier alpha value is -2.28. The van der Waals surface area contributed by atoms with E-state index in [1.165, 1.54) is 0 Å². The fraction of sp³-hybridized carbons (Fsp3) is 0.286. The van der Waals surface area contributed by atoms with E-state index >= 15 is 0 Å². The van der Waals surface area contributed by atoms with Crippen molar-refractivity contribution in [2.24, 2.45) is 0 Å². The van der Waals surface area contributed by atoms with Crippen molar-refractivity contribution >= 4 is 16.7 Å². The van der Waals surface area contributed by atoms with Crippen LogP contribution in [0.4, 0.5) is 5.69 Å². The predicted molar refractivity (Wildman–Crippen MR) is 68.6 cm³/mol. The van der Waals surface area contributed by atoms with Crippen molar-refractivity contribution in [2.75, 3.05) is 18.0 Å². The van der Waals surface area contributed by atoms with Crippen LogP contribution in [0.15, 0.2) is 33.5 Å². The molecular formula is C14H12N2O2. The second kappa shape index (κ2) is 4.19. The number of hydrogen-bond donors (Lipinski definition) is 0. The Morgan fingerprint density at radius 2 is 1.94 bits per heavy atom. The number of rotatable bonds is 1. The van der Waals surface area contributed by atoms with Crippen LogP contribution in [0.2, 0.25) is 0 Å². The van der Waals surface area contributed by atoms with E-state index in [4.69, 9.17) is 4.42 Å². The van der Waals surface area contributed by atoms with E-state index in [-0.39, 0.29) is 5.56 Å². The van der Waals surface area contributed by atoms with Gasteiger partial charge in [-0.3, -0.25) is 0 Å². The third-order valence-electron chi connectivity index (χ3n) is 3.32. The van der Waals surface area contributed by atoms with Gasteiger partial charge in [-0.25, -0.2) is 4.79 Å². The van der Waals surface area contributed by atoms with Crippen molar-refractivity contribution in [2.45, 2.75) is 12.8 Å². The molecule has 1 aliphatic heterocycles. The summed E-state index contributed by atoms with van der Waals surface area (Å²) in [5.74, 6) is 0. The minimum absolute atomic E-state index is 0.121. The van der Waals surface area contributed by atoms with Gasteiger partial charge in [0.05, 0.1) is 5.69 Å². The average Bonchev–Trinajstić information content (AvgIpc) is 2.90. The number of fused-ring (bicyclic) bond motifs is 1. The van der Waals surface area contributed by atoms with Crippen LogP contribution in [0, 0.1) is 11.3 Å². The molecule has 0 amide bonds. The number of nitriles is 1. The molecule has 1 aromatic carbocycles. The van der Waals surface area contributed by atoms with Crippen molar-refractivity contribution in [3.63, 3.8) is 0 Å². The number of hydrogen-bond acceptors (Lipinski definition) is 4. The van der Waals surface area contributed by atoms with Gasteiger partial charge in [0.1, 0.15) is 11.7 Å². The monoisotopic (exact) mass is 240 g/mol. The van der Waals surface area contributed by atoms with Gasteiger partial charge in [-0.1, -0.05) is 12.1 Å². The van der Waals surface area contributed by atoms with Gasteiger partial charge in [-0.05, 0) is 25.0 Å². The maximum Gasteiger partial charge on any atom is 0.356 e. The third-order valence-corrected chi connectivity index (χ3v) is 3.32. The second-order valence-corrected chi connectivity index (χ2v) is 4.42. The predicted octanol–water partition coefficient (Wildman–Crippen LogP) is 2.26. The van der Waals surface area contributed by atoms with E-state index in [1.54, 1.807) is 6.07 Å². The molecule has 18 heavy (non-hydrogen) atoms. The van der Waals surface area contributed by atoms with Crippen molar-refractivity contribution in [3.8, 4) is 6.07 Å². The summed E-state index contributed by atoms with van der Waals surface area (Å²) in [6.45, 7) is 1.78. The molecule has 0 unspecified atom stereocenters. The Kier molecular flexibility index (Phi) is 2.52. The van der Waals surface area contributed by atoms with E-state index in [0.29, 0.717) is 5.58 Å². The largest absolute Gasteiger partial charge is 0.422 e. The smallest absolute Gasteiger partial charge is 0.356 e. The number of anilines is 1. The molecule has 90 valence electrons. The van der Waals surface area contributed by atoms with Crippen LogP contribution in [0.3, 0.4) is 0 Å². The van der Waals surface area contributed by atoms with Crippen LogP contribution in [-0.4, -0.2) is 13.1 Å². The molecule has 2 aromatic rings. The average molecular weight is 240 g/mol. The number of nitrogens with zero attached hydrogens (tertiary/aromatic N) is 2. The Balaban J connectivity index is 2.37. The van der Waals surface area contributed by atoms with Crippen LogP contribution in [0.5, 0.6) is 0 Å². The summed E-state index contributed by atoms with van der Waals surface area (Å²) in [5, 5.41) is 10.0. The van der Waals surface area contributed by atoms with Gasteiger partial charge in [-0.15, -0.1) is 0 Å². The highest BCUT2D eigenvalue weighted by Crippen LogP contribution is 2.30. The van der Waals surface area contributed by atoms with Crippen molar-refractivity contribution in [3.05, 3.63) is 40.2 Å². The Labute approximate surface area is 104 Å². The summed E-state index contributed by atoms with van der Waals surface area (Å²) >= 11 is 0. The molecule has 1 aliphatic rings. The first-order valence-electron chi connectivity index (χ1n) is 6.02. The summed E-state index contributed by atoms with van der Waals surface area (Å²) in [5.41, 5.74) is 0.860. The molecule has 1 aromatic heterocycles. The molecule has 0 saturated carbocycles. The molecule has 0 bridgehead atoms. The molecule has 0 N–H and O–H groups in total. The van der Waals surface area contributed by atoms with Crippen molar-refractivity contribution in [1.29, 1.82) is 5.26 Å². The van der Waals surface area contributed by atoms with E-state index in [0.717, 1.165) is 37.0 Å². The van der Waals surface area contributed by atoms with Crippen LogP contribution >= 0.6 is 0 Å². The number of benzene rings is 1. The fourth-order valence-corrected chi connectivity index (χ4v) is 2.50. The summed E-state index contributed by atoms with van der Waals surface area (Å²) in [6.07, 6.45) is 2.19. The summed E-state index contributed by atoms with van der Waals surface area (Å²) in [6, 6.07) is 9.36. The topological polar surface area (TPSA) is 57.2 Å². The summed E-state index contributed by atoms with van der Waals surface area (Å²) in [7, 11) is 0. The zero-order valence-corrected chi connectivity index (χ0v) is 9.85. The first kappa shape index (κ1) is 10.8. The molecular weight excluding hydrogens is 228 g/mol. The van der Waals surface area contributed by atoms with Gasteiger partial charge in [-0.2, -0.15) is 5.26 Å². The van der Waals surface area contributed by atoms with Crippen LogP contribution in [0.25, 0.3) is 11.0 Å². The molecule has 1 saturated heterocycles. The zero-order chi connectivity index (χ0) is 12.5. The first-order chi connectivity index (χ1) is 8.81. The standard InChI is InChI=1S/C14H12N2O2/c15-9-11-13(16-7-3-4-8-16)10-5-1-2-6-12(10)18-14(11)17/h1-2,5-6H,3-4,7-8H2. The Morgan fingerprint density at radius 1 is 1.22 bits per heavy atom. The summed E-state index contributed by atoms with van der Waals surface area (Å²) < 4.78 is 5.18. The van der Waals surface area contributed by atoms with E-state index < -0.39 is 5.63 Å². The highest BCUT2D eigenvalue weighted by Gasteiger charge is 2.22. The van der Waals surface area contributed by atoms with Gasteiger partial charge < -0.3 is 9.32 Å². The lowest BCUT2D eigenvalue weighted by molar-refractivity contribution is 0.558. The molecule has 0 radical (unpaired) electrons. The lowest BCUT2D eigenvalue weighted by atomic mass is 10.1. The Morgan fingerprint density at radius 3 is 2.67 bits per heavy atom. The third kappa shape index (κ3) is 1.56. The van der Waals surface area contributed by atoms with Gasteiger partial charge in [0.2, 0.25) is 0 Å². The molecule has 2 heterocycles. The van der Waals surface area contributed by atoms with Gasteiger partial charge in [0.25, 0.3) is 0 Å².